The molecule has 0 fully saturated rings. The molecule has 2 heteroatoms. The van der Waals surface area contributed by atoms with Gasteiger partial charge in [-0.3, -0.25) is 0 Å². The Bertz CT molecular complexity index is 124. The Hall–Kier alpha value is -0.970. The number of nitrogens with zero attached hydrogens (tertiary/aromatic N) is 1. The normalized spacial score (nSPS) is 9.60. The summed E-state index contributed by atoms with van der Waals surface area (Å²) in [5, 5.41) is 3.63. The molecule has 0 saturated heterocycles. The molecule has 0 aromatic heterocycles. The predicted molar refractivity (Wildman–Crippen MR) is 42.8 cm³/mol. The Morgan fingerprint density at radius 1 is 1.70 bits per heavy atom. The van der Waals surface area contributed by atoms with E-state index in [0.29, 0.717) is 0 Å². The molecular weight excluding hydrogens is 126 g/mol. The Morgan fingerprint density at radius 3 is 3.10 bits per heavy atom. The lowest BCUT2D eigenvalue weighted by Gasteiger charge is -1.89. The second-order valence-corrected chi connectivity index (χ2v) is 1.91. The van der Waals surface area contributed by atoms with Gasteiger partial charge in [-0.05, 0) is 12.8 Å². The monoisotopic (exact) mass is 139 g/mol. The zero-order chi connectivity index (χ0) is 7.66. The number of hydrogen-bond acceptors (Lipinski definition) is 2. The molecule has 0 aromatic rings. The van der Waals surface area contributed by atoms with Crippen LogP contribution in [0.2, 0.25) is 0 Å². The van der Waals surface area contributed by atoms with Gasteiger partial charge in [0, 0.05) is 6.21 Å². The van der Waals surface area contributed by atoms with Crippen molar-refractivity contribution in [3.05, 3.63) is 0 Å². The van der Waals surface area contributed by atoms with Gasteiger partial charge in [-0.2, -0.15) is 0 Å². The van der Waals surface area contributed by atoms with Crippen molar-refractivity contribution in [2.45, 2.75) is 26.2 Å². The van der Waals surface area contributed by atoms with E-state index in [1.807, 2.05) is 0 Å². The van der Waals surface area contributed by atoms with E-state index in [0.717, 1.165) is 12.8 Å². The van der Waals surface area contributed by atoms with Crippen LogP contribution in [0.4, 0.5) is 0 Å². The molecule has 0 aromatic carbocycles. The van der Waals surface area contributed by atoms with E-state index in [2.05, 4.69) is 22.8 Å². The zero-order valence-corrected chi connectivity index (χ0v) is 6.34. The fourth-order valence-corrected chi connectivity index (χ4v) is 0.475. The molecule has 0 unspecified atom stereocenters. The predicted octanol–water partition coefficient (Wildman–Crippen LogP) is 1.81. The summed E-state index contributed by atoms with van der Waals surface area (Å²) >= 11 is 0. The molecule has 0 aliphatic carbocycles. The third-order valence-electron chi connectivity index (χ3n) is 0.984. The van der Waals surface area contributed by atoms with Crippen LogP contribution in [0.25, 0.3) is 0 Å². The van der Waals surface area contributed by atoms with E-state index in [9.17, 15) is 0 Å². The molecule has 0 radical (unpaired) electrons. The van der Waals surface area contributed by atoms with Gasteiger partial charge >= 0.3 is 0 Å². The van der Waals surface area contributed by atoms with Gasteiger partial charge in [0.05, 0.1) is 0 Å². The lowest BCUT2D eigenvalue weighted by atomic mass is 10.3. The van der Waals surface area contributed by atoms with Crippen LogP contribution < -0.4 is 0 Å². The minimum absolute atomic E-state index is 0.266. The maximum atomic E-state index is 4.92. The van der Waals surface area contributed by atoms with Crippen LogP contribution in [0.5, 0.6) is 0 Å². The average molecular weight is 139 g/mol. The summed E-state index contributed by atoms with van der Waals surface area (Å²) in [6.07, 6.45) is 9.98. The summed E-state index contributed by atoms with van der Waals surface area (Å²) in [6.45, 7) is 2.40. The largest absolute Gasteiger partial charge is 0.383 e. The second kappa shape index (κ2) is 8.03. The van der Waals surface area contributed by atoms with Crippen LogP contribution in [-0.2, 0) is 4.84 Å². The molecule has 0 spiro atoms. The fraction of sp³-hybridized carbons (Fsp3) is 0.625. The summed E-state index contributed by atoms with van der Waals surface area (Å²) in [5.41, 5.74) is 0. The van der Waals surface area contributed by atoms with Gasteiger partial charge in [0.25, 0.3) is 0 Å². The van der Waals surface area contributed by atoms with Gasteiger partial charge in [0.1, 0.15) is 0 Å². The highest BCUT2D eigenvalue weighted by molar-refractivity contribution is 5.56. The Balaban J connectivity index is 2.98. The van der Waals surface area contributed by atoms with Crippen LogP contribution >= 0.6 is 0 Å². The quantitative estimate of drug-likeness (QED) is 0.246. The topological polar surface area (TPSA) is 21.6 Å². The summed E-state index contributed by atoms with van der Waals surface area (Å²) in [4.78, 5) is 4.66. The second-order valence-electron chi connectivity index (χ2n) is 1.91. The first-order chi connectivity index (χ1) is 4.91. The van der Waals surface area contributed by atoms with Crippen molar-refractivity contribution in [2.24, 2.45) is 5.16 Å². The first-order valence-corrected chi connectivity index (χ1v) is 3.49. The average Bonchev–Trinajstić information content (AvgIpc) is 1.97. The van der Waals surface area contributed by atoms with Gasteiger partial charge in [0.2, 0.25) is 0 Å². The van der Waals surface area contributed by atoms with Crippen molar-refractivity contribution in [3.63, 3.8) is 0 Å². The minimum atomic E-state index is 0.266. The van der Waals surface area contributed by atoms with Crippen molar-refractivity contribution in [2.75, 3.05) is 6.61 Å². The van der Waals surface area contributed by atoms with Gasteiger partial charge in [-0.25, -0.2) is 0 Å². The Kier molecular flexibility index (Phi) is 7.25. The molecule has 0 aliphatic heterocycles. The van der Waals surface area contributed by atoms with Crippen molar-refractivity contribution in [1.82, 2.24) is 0 Å². The lowest BCUT2D eigenvalue weighted by Crippen LogP contribution is -1.82. The lowest BCUT2D eigenvalue weighted by molar-refractivity contribution is 0.181. The van der Waals surface area contributed by atoms with E-state index < -0.39 is 0 Å². The molecule has 0 rings (SSSR count). The smallest absolute Gasteiger partial charge is 0.177 e. The van der Waals surface area contributed by atoms with Gasteiger partial charge in [0.15, 0.2) is 6.61 Å². The van der Waals surface area contributed by atoms with Crippen LogP contribution in [-0.4, -0.2) is 12.8 Å². The maximum absolute atomic E-state index is 4.92. The highest BCUT2D eigenvalue weighted by atomic mass is 16.6. The van der Waals surface area contributed by atoms with Crippen molar-refractivity contribution >= 4 is 6.21 Å². The molecule has 0 amide bonds. The highest BCUT2D eigenvalue weighted by Crippen LogP contribution is 1.89. The zero-order valence-electron chi connectivity index (χ0n) is 6.34. The first-order valence-electron chi connectivity index (χ1n) is 3.49. The minimum Gasteiger partial charge on any atom is -0.383 e. The number of oxime groups is 1. The Morgan fingerprint density at radius 2 is 2.50 bits per heavy atom. The number of rotatable bonds is 5. The van der Waals surface area contributed by atoms with Crippen LogP contribution in [0, 0.1) is 12.3 Å². The maximum Gasteiger partial charge on any atom is 0.177 e. The summed E-state index contributed by atoms with van der Waals surface area (Å²) in [6, 6.07) is 0. The van der Waals surface area contributed by atoms with Crippen LogP contribution in [0.3, 0.4) is 0 Å². The molecular formula is C8H13NO. The van der Waals surface area contributed by atoms with Crippen LogP contribution in [0.1, 0.15) is 26.2 Å². The van der Waals surface area contributed by atoms with E-state index >= 15 is 0 Å². The first kappa shape index (κ1) is 9.03. The van der Waals surface area contributed by atoms with Crippen molar-refractivity contribution in [3.8, 4) is 12.3 Å². The number of terminal acetylenes is 1. The van der Waals surface area contributed by atoms with Gasteiger partial charge in [-0.15, -0.1) is 6.42 Å². The molecule has 10 heavy (non-hydrogen) atoms. The number of unbranched alkanes of at least 4 members (excludes halogenated alkanes) is 2. The molecule has 0 saturated carbocycles. The molecule has 0 aliphatic rings. The number of hydrogen-bond donors (Lipinski definition) is 0. The molecule has 0 heterocycles. The third kappa shape index (κ3) is 7.03. The van der Waals surface area contributed by atoms with E-state index in [1.165, 1.54) is 6.42 Å². The van der Waals surface area contributed by atoms with Crippen LogP contribution in [0.15, 0.2) is 5.16 Å². The summed E-state index contributed by atoms with van der Waals surface area (Å²) in [5.74, 6) is 2.32. The van der Waals surface area contributed by atoms with Gasteiger partial charge in [-0.1, -0.05) is 24.4 Å². The van der Waals surface area contributed by atoms with E-state index in [4.69, 9.17) is 6.42 Å². The van der Waals surface area contributed by atoms with Crippen molar-refractivity contribution < 1.29 is 4.84 Å². The standard InChI is InChI=1S/C8H13NO/c1-3-5-6-7-9-10-8-4-2/h2,7H,3,5-6,8H2,1H3/b9-7+. The molecule has 0 atom stereocenters. The molecule has 0 N–H and O–H groups in total. The third-order valence-corrected chi connectivity index (χ3v) is 0.984. The fourth-order valence-electron chi connectivity index (χ4n) is 0.475. The summed E-state index contributed by atoms with van der Waals surface area (Å²) in [7, 11) is 0. The van der Waals surface area contributed by atoms with E-state index in [1.54, 1.807) is 6.21 Å². The molecule has 0 bridgehead atoms. The highest BCUT2D eigenvalue weighted by Gasteiger charge is 1.77. The summed E-state index contributed by atoms with van der Waals surface area (Å²) < 4.78 is 0. The molecule has 56 valence electrons. The molecule has 2 nitrogen and oxygen atoms in total. The SMILES string of the molecule is C#CCO/N=C/CCCC. The van der Waals surface area contributed by atoms with Crippen molar-refractivity contribution in [1.29, 1.82) is 0 Å². The Labute approximate surface area is 62.3 Å². The van der Waals surface area contributed by atoms with E-state index in [-0.39, 0.29) is 6.61 Å². The van der Waals surface area contributed by atoms with Gasteiger partial charge < -0.3 is 4.84 Å².